The number of nitrogens with one attached hydrogen (secondary N) is 1. The first-order valence-electron chi connectivity index (χ1n) is 7.51. The highest BCUT2D eigenvalue weighted by Gasteiger charge is 2.25. The van der Waals surface area contributed by atoms with Crippen LogP contribution in [-0.4, -0.2) is 38.3 Å². The molecule has 0 radical (unpaired) electrons. The number of aryl methyl sites for hydroxylation is 2. The van der Waals surface area contributed by atoms with E-state index in [1.807, 2.05) is 26.8 Å². The van der Waals surface area contributed by atoms with Crippen molar-refractivity contribution in [2.75, 3.05) is 13.6 Å². The lowest BCUT2D eigenvalue weighted by Crippen LogP contribution is -2.41. The van der Waals surface area contributed by atoms with E-state index in [9.17, 15) is 13.2 Å². The summed E-state index contributed by atoms with van der Waals surface area (Å²) in [7, 11) is -2.23. The van der Waals surface area contributed by atoms with E-state index in [1.54, 1.807) is 19.1 Å². The van der Waals surface area contributed by atoms with Crippen molar-refractivity contribution in [1.29, 1.82) is 0 Å². The zero-order valence-corrected chi connectivity index (χ0v) is 14.8. The molecular weight excluding hydrogens is 300 g/mol. The number of rotatable bonds is 7. The summed E-state index contributed by atoms with van der Waals surface area (Å²) >= 11 is 0. The molecule has 0 aliphatic rings. The fourth-order valence-corrected chi connectivity index (χ4v) is 3.70. The number of likely N-dealkylation sites (N-methyl/N-ethyl adjacent to an activating group) is 1. The van der Waals surface area contributed by atoms with E-state index >= 15 is 0 Å². The van der Waals surface area contributed by atoms with E-state index in [2.05, 4.69) is 5.32 Å². The van der Waals surface area contributed by atoms with Crippen LogP contribution in [0.25, 0.3) is 0 Å². The highest BCUT2D eigenvalue weighted by molar-refractivity contribution is 7.89. The third-order valence-corrected chi connectivity index (χ3v) is 5.47. The van der Waals surface area contributed by atoms with E-state index in [0.717, 1.165) is 22.7 Å². The van der Waals surface area contributed by atoms with Gasteiger partial charge in [-0.05, 0) is 44.4 Å². The van der Waals surface area contributed by atoms with Crippen LogP contribution in [0.2, 0.25) is 0 Å². The Bertz CT molecular complexity index is 626. The monoisotopic (exact) mass is 326 g/mol. The van der Waals surface area contributed by atoms with Crippen molar-refractivity contribution >= 4 is 15.9 Å². The van der Waals surface area contributed by atoms with Crippen LogP contribution >= 0.6 is 0 Å². The van der Waals surface area contributed by atoms with Gasteiger partial charge in [-0.3, -0.25) is 4.79 Å². The summed E-state index contributed by atoms with van der Waals surface area (Å²) in [6, 6.07) is 5.33. The molecule has 0 aliphatic heterocycles. The van der Waals surface area contributed by atoms with Gasteiger partial charge in [0.1, 0.15) is 0 Å². The van der Waals surface area contributed by atoms with E-state index in [-0.39, 0.29) is 23.4 Å². The van der Waals surface area contributed by atoms with E-state index in [1.165, 1.54) is 7.05 Å². The van der Waals surface area contributed by atoms with Crippen LogP contribution in [0.1, 0.15) is 37.8 Å². The smallest absolute Gasteiger partial charge is 0.243 e. The summed E-state index contributed by atoms with van der Waals surface area (Å²) in [5.41, 5.74) is 1.55. The molecule has 1 aromatic rings. The quantitative estimate of drug-likeness (QED) is 0.835. The lowest BCUT2D eigenvalue weighted by atomic mass is 10.2. The number of carbonyl (C=O) groups excluding carboxylic acids is 1. The summed E-state index contributed by atoms with van der Waals surface area (Å²) in [5.74, 6) is -0.280. The minimum absolute atomic E-state index is 0.0503. The minimum atomic E-state index is -3.66. The topological polar surface area (TPSA) is 66.5 Å². The molecule has 5 nitrogen and oxygen atoms in total. The van der Waals surface area contributed by atoms with Gasteiger partial charge in [-0.2, -0.15) is 4.31 Å². The Labute approximate surface area is 133 Å². The highest BCUT2D eigenvalue weighted by atomic mass is 32.2. The van der Waals surface area contributed by atoms with Crippen molar-refractivity contribution in [3.05, 3.63) is 29.3 Å². The molecule has 0 heterocycles. The first-order valence-corrected chi connectivity index (χ1v) is 8.95. The van der Waals surface area contributed by atoms with Crippen LogP contribution in [0.15, 0.2) is 23.1 Å². The number of carbonyl (C=O) groups is 1. The Kier molecular flexibility index (Phi) is 6.56. The first-order chi connectivity index (χ1) is 10.2. The first kappa shape index (κ1) is 18.6. The summed E-state index contributed by atoms with van der Waals surface area (Å²) in [5, 5.41) is 2.82. The Morgan fingerprint density at radius 3 is 2.55 bits per heavy atom. The van der Waals surface area contributed by atoms with Crippen LogP contribution in [0.4, 0.5) is 0 Å². The standard InChI is InChI=1S/C16H26N2O3S/c1-6-7-14(4)17-16(19)11-18(5)22(20,21)15-10-12(2)8-9-13(15)3/h8-10,14H,6-7,11H2,1-5H3,(H,17,19). The third-order valence-electron chi connectivity index (χ3n) is 3.53. The van der Waals surface area contributed by atoms with Crippen molar-refractivity contribution in [1.82, 2.24) is 9.62 Å². The van der Waals surface area contributed by atoms with E-state index < -0.39 is 10.0 Å². The molecule has 0 bridgehead atoms. The Hall–Kier alpha value is -1.40. The number of hydrogen-bond acceptors (Lipinski definition) is 3. The molecule has 0 aromatic heterocycles. The Morgan fingerprint density at radius 1 is 1.32 bits per heavy atom. The SMILES string of the molecule is CCCC(C)NC(=O)CN(C)S(=O)(=O)c1cc(C)ccc1C. The zero-order chi connectivity index (χ0) is 16.9. The van der Waals surface area contributed by atoms with Crippen molar-refractivity contribution in [3.8, 4) is 0 Å². The van der Waals surface area contributed by atoms with Crippen LogP contribution in [-0.2, 0) is 14.8 Å². The summed E-state index contributed by atoms with van der Waals surface area (Å²) in [6.45, 7) is 7.38. The predicted octanol–water partition coefficient (Wildman–Crippen LogP) is 2.23. The number of benzene rings is 1. The van der Waals surface area contributed by atoms with Gasteiger partial charge >= 0.3 is 0 Å². The predicted molar refractivity (Wildman–Crippen MR) is 88.2 cm³/mol. The van der Waals surface area contributed by atoms with Crippen molar-refractivity contribution in [2.24, 2.45) is 0 Å². The van der Waals surface area contributed by atoms with Crippen LogP contribution in [0.3, 0.4) is 0 Å². The molecule has 0 spiro atoms. The molecule has 1 atom stereocenters. The van der Waals surface area contributed by atoms with Crippen molar-refractivity contribution in [2.45, 2.75) is 51.5 Å². The summed E-state index contributed by atoms with van der Waals surface area (Å²) in [4.78, 5) is 12.2. The molecular formula is C16H26N2O3S. The Morgan fingerprint density at radius 2 is 1.95 bits per heavy atom. The molecule has 0 saturated heterocycles. The number of amides is 1. The molecule has 1 unspecified atom stereocenters. The number of nitrogens with zero attached hydrogens (tertiary/aromatic N) is 1. The molecule has 1 amide bonds. The summed E-state index contributed by atoms with van der Waals surface area (Å²) in [6.07, 6.45) is 1.84. The van der Waals surface area contributed by atoms with Gasteiger partial charge in [0.05, 0.1) is 11.4 Å². The van der Waals surface area contributed by atoms with Gasteiger partial charge in [0.2, 0.25) is 15.9 Å². The fraction of sp³-hybridized carbons (Fsp3) is 0.562. The van der Waals surface area contributed by atoms with E-state index in [0.29, 0.717) is 5.56 Å². The van der Waals surface area contributed by atoms with Gasteiger partial charge in [-0.25, -0.2) is 8.42 Å². The molecule has 1 aromatic carbocycles. The molecule has 124 valence electrons. The van der Waals surface area contributed by atoms with Gasteiger partial charge in [0.25, 0.3) is 0 Å². The van der Waals surface area contributed by atoms with E-state index in [4.69, 9.17) is 0 Å². The van der Waals surface area contributed by atoms with Gasteiger partial charge in [-0.1, -0.05) is 25.5 Å². The van der Waals surface area contributed by atoms with Gasteiger partial charge in [0, 0.05) is 13.1 Å². The minimum Gasteiger partial charge on any atom is -0.353 e. The van der Waals surface area contributed by atoms with Crippen LogP contribution < -0.4 is 5.32 Å². The number of hydrogen-bond donors (Lipinski definition) is 1. The molecule has 6 heteroatoms. The van der Waals surface area contributed by atoms with Gasteiger partial charge < -0.3 is 5.32 Å². The largest absolute Gasteiger partial charge is 0.353 e. The zero-order valence-electron chi connectivity index (χ0n) is 14.0. The molecule has 22 heavy (non-hydrogen) atoms. The highest BCUT2D eigenvalue weighted by Crippen LogP contribution is 2.20. The summed E-state index contributed by atoms with van der Waals surface area (Å²) < 4.78 is 26.3. The lowest BCUT2D eigenvalue weighted by Gasteiger charge is -2.20. The maximum absolute atomic E-state index is 12.6. The number of sulfonamides is 1. The van der Waals surface area contributed by atoms with Crippen molar-refractivity contribution in [3.63, 3.8) is 0 Å². The maximum atomic E-state index is 12.6. The second kappa shape index (κ2) is 7.74. The van der Waals surface area contributed by atoms with Crippen LogP contribution in [0, 0.1) is 13.8 Å². The molecule has 1 N–H and O–H groups in total. The molecule has 0 fully saturated rings. The lowest BCUT2D eigenvalue weighted by molar-refractivity contribution is -0.121. The molecule has 1 rings (SSSR count). The van der Waals surface area contributed by atoms with Crippen LogP contribution in [0.5, 0.6) is 0 Å². The van der Waals surface area contributed by atoms with Gasteiger partial charge in [0.15, 0.2) is 0 Å². The second-order valence-corrected chi connectivity index (χ2v) is 7.80. The fourth-order valence-electron chi connectivity index (χ4n) is 2.27. The second-order valence-electron chi connectivity index (χ2n) is 5.79. The molecule has 0 aliphatic carbocycles. The molecule has 0 saturated carbocycles. The average Bonchev–Trinajstić information content (AvgIpc) is 2.41. The Balaban J connectivity index is 2.85. The average molecular weight is 326 g/mol. The maximum Gasteiger partial charge on any atom is 0.243 e. The normalized spacial score (nSPS) is 13.2. The third kappa shape index (κ3) is 4.81. The van der Waals surface area contributed by atoms with Gasteiger partial charge in [-0.15, -0.1) is 0 Å². The van der Waals surface area contributed by atoms with Crippen molar-refractivity contribution < 1.29 is 13.2 Å².